The number of ether oxygens (including phenoxy) is 2. The fourth-order valence-electron chi connectivity index (χ4n) is 1.86. The van der Waals surface area contributed by atoms with Gasteiger partial charge in [0.2, 0.25) is 5.88 Å². The van der Waals surface area contributed by atoms with Crippen molar-refractivity contribution in [3.63, 3.8) is 0 Å². The van der Waals surface area contributed by atoms with Gasteiger partial charge in [0, 0.05) is 12.3 Å². The number of carbonyl (C=O) groups excluding carboxylic acids is 1. The molecule has 0 bridgehead atoms. The Morgan fingerprint density at radius 3 is 2.71 bits per heavy atom. The average molecular weight is 286 g/mol. The van der Waals surface area contributed by atoms with E-state index in [1.165, 1.54) is 6.20 Å². The summed E-state index contributed by atoms with van der Waals surface area (Å²) in [4.78, 5) is 16.3. The van der Waals surface area contributed by atoms with Gasteiger partial charge in [-0.1, -0.05) is 6.07 Å². The molecule has 0 spiro atoms. The van der Waals surface area contributed by atoms with Gasteiger partial charge in [0.15, 0.2) is 0 Å². The predicted molar refractivity (Wildman–Crippen MR) is 81.1 cm³/mol. The molecular weight excluding hydrogens is 268 g/mol. The van der Waals surface area contributed by atoms with Crippen LogP contribution in [0.5, 0.6) is 11.6 Å². The summed E-state index contributed by atoms with van der Waals surface area (Å²) in [5.41, 5.74) is 2.13. The Hall–Kier alpha value is -2.56. The van der Waals surface area contributed by atoms with E-state index in [9.17, 15) is 4.79 Å². The zero-order valence-corrected chi connectivity index (χ0v) is 12.3. The predicted octanol–water partition coefficient (Wildman–Crippen LogP) is 3.05. The largest absolute Gasteiger partial charge is 0.495 e. The fourth-order valence-corrected chi connectivity index (χ4v) is 1.86. The minimum atomic E-state index is -0.241. The first kappa shape index (κ1) is 14.8. The van der Waals surface area contributed by atoms with E-state index >= 15 is 0 Å². The van der Waals surface area contributed by atoms with Crippen LogP contribution in [0.4, 0.5) is 5.69 Å². The second kappa shape index (κ2) is 6.74. The number of nitrogens with zero attached hydrogens (tertiary/aromatic N) is 1. The van der Waals surface area contributed by atoms with Gasteiger partial charge in [0.1, 0.15) is 5.75 Å². The van der Waals surface area contributed by atoms with Crippen molar-refractivity contribution in [2.24, 2.45) is 0 Å². The molecule has 110 valence electrons. The molecule has 1 amide bonds. The molecule has 21 heavy (non-hydrogen) atoms. The molecule has 1 aromatic heterocycles. The van der Waals surface area contributed by atoms with Gasteiger partial charge in [-0.15, -0.1) is 0 Å². The first-order valence-electron chi connectivity index (χ1n) is 6.69. The zero-order valence-electron chi connectivity index (χ0n) is 12.3. The van der Waals surface area contributed by atoms with E-state index in [2.05, 4.69) is 10.3 Å². The van der Waals surface area contributed by atoms with Gasteiger partial charge in [-0.3, -0.25) is 4.79 Å². The summed E-state index contributed by atoms with van der Waals surface area (Å²) in [7, 11) is 1.57. The summed E-state index contributed by atoms with van der Waals surface area (Å²) >= 11 is 0. The molecule has 0 aliphatic heterocycles. The molecule has 0 unspecified atom stereocenters. The maximum absolute atomic E-state index is 12.2. The molecule has 5 nitrogen and oxygen atoms in total. The van der Waals surface area contributed by atoms with E-state index in [1.54, 1.807) is 19.2 Å². The Kier molecular flexibility index (Phi) is 4.77. The van der Waals surface area contributed by atoms with Crippen molar-refractivity contribution in [1.82, 2.24) is 4.98 Å². The highest BCUT2D eigenvalue weighted by atomic mass is 16.5. The first-order valence-corrected chi connectivity index (χ1v) is 6.69. The Bertz CT molecular complexity index is 624. The lowest BCUT2D eigenvalue weighted by atomic mass is 10.2. The summed E-state index contributed by atoms with van der Waals surface area (Å²) in [6.45, 7) is 4.37. The van der Waals surface area contributed by atoms with E-state index in [1.807, 2.05) is 32.0 Å². The topological polar surface area (TPSA) is 60.5 Å². The van der Waals surface area contributed by atoms with Crippen LogP contribution in [-0.4, -0.2) is 24.6 Å². The molecular formula is C16H18N2O3. The van der Waals surface area contributed by atoms with Crippen LogP contribution >= 0.6 is 0 Å². The second-order valence-electron chi connectivity index (χ2n) is 4.48. The molecule has 0 saturated carbocycles. The molecule has 0 radical (unpaired) electrons. The maximum Gasteiger partial charge on any atom is 0.257 e. The number of anilines is 1. The third kappa shape index (κ3) is 3.72. The number of hydrogen-bond donors (Lipinski definition) is 1. The number of nitrogens with one attached hydrogen (secondary N) is 1. The molecule has 1 heterocycles. The highest BCUT2D eigenvalue weighted by Gasteiger charge is 2.10. The van der Waals surface area contributed by atoms with Crippen LogP contribution in [0.2, 0.25) is 0 Å². The molecule has 1 aromatic carbocycles. The van der Waals surface area contributed by atoms with Gasteiger partial charge in [-0.2, -0.15) is 0 Å². The number of benzene rings is 1. The number of aryl methyl sites for hydroxylation is 1. The zero-order chi connectivity index (χ0) is 15.2. The van der Waals surface area contributed by atoms with Gasteiger partial charge < -0.3 is 14.8 Å². The van der Waals surface area contributed by atoms with Crippen molar-refractivity contribution < 1.29 is 14.3 Å². The second-order valence-corrected chi connectivity index (χ2v) is 4.48. The van der Waals surface area contributed by atoms with Crippen molar-refractivity contribution >= 4 is 11.6 Å². The van der Waals surface area contributed by atoms with Gasteiger partial charge in [0.25, 0.3) is 5.91 Å². The monoisotopic (exact) mass is 286 g/mol. The molecule has 1 N–H and O–H groups in total. The molecule has 5 heteroatoms. The SMILES string of the molecule is CCOc1ccc(C(=O)Nc2cc(C)ccc2OC)cn1. The highest BCUT2D eigenvalue weighted by Crippen LogP contribution is 2.25. The number of carbonyl (C=O) groups is 1. The molecule has 0 fully saturated rings. The molecule has 0 saturated heterocycles. The van der Waals surface area contributed by atoms with Crippen LogP contribution < -0.4 is 14.8 Å². The van der Waals surface area contributed by atoms with Gasteiger partial charge in [0.05, 0.1) is 25.0 Å². The van der Waals surface area contributed by atoms with E-state index < -0.39 is 0 Å². The van der Waals surface area contributed by atoms with Crippen molar-refractivity contribution in [1.29, 1.82) is 0 Å². The minimum Gasteiger partial charge on any atom is -0.495 e. The lowest BCUT2D eigenvalue weighted by Crippen LogP contribution is -2.13. The normalized spacial score (nSPS) is 10.0. The van der Waals surface area contributed by atoms with E-state index in [4.69, 9.17) is 9.47 Å². The number of rotatable bonds is 5. The van der Waals surface area contributed by atoms with Gasteiger partial charge >= 0.3 is 0 Å². The molecule has 2 aromatic rings. The van der Waals surface area contributed by atoms with Crippen LogP contribution in [0.25, 0.3) is 0 Å². The number of amides is 1. The number of hydrogen-bond acceptors (Lipinski definition) is 4. The lowest BCUT2D eigenvalue weighted by molar-refractivity contribution is 0.102. The lowest BCUT2D eigenvalue weighted by Gasteiger charge is -2.11. The van der Waals surface area contributed by atoms with Crippen LogP contribution in [0, 0.1) is 6.92 Å². The smallest absolute Gasteiger partial charge is 0.257 e. The molecule has 0 aliphatic carbocycles. The van der Waals surface area contributed by atoms with Gasteiger partial charge in [-0.25, -0.2) is 4.98 Å². The van der Waals surface area contributed by atoms with E-state index in [0.29, 0.717) is 29.5 Å². The Morgan fingerprint density at radius 1 is 1.29 bits per heavy atom. The van der Waals surface area contributed by atoms with Crippen LogP contribution in [0.1, 0.15) is 22.8 Å². The van der Waals surface area contributed by atoms with Crippen LogP contribution in [-0.2, 0) is 0 Å². The maximum atomic E-state index is 12.2. The van der Waals surface area contributed by atoms with Crippen molar-refractivity contribution in [3.8, 4) is 11.6 Å². The first-order chi connectivity index (χ1) is 10.1. The fraction of sp³-hybridized carbons (Fsp3) is 0.250. The van der Waals surface area contributed by atoms with Crippen molar-refractivity contribution in [2.45, 2.75) is 13.8 Å². The third-order valence-electron chi connectivity index (χ3n) is 2.89. The van der Waals surface area contributed by atoms with Gasteiger partial charge in [-0.05, 0) is 37.6 Å². The Morgan fingerprint density at radius 2 is 2.10 bits per heavy atom. The molecule has 2 rings (SSSR count). The summed E-state index contributed by atoms with van der Waals surface area (Å²) in [6.07, 6.45) is 1.49. The highest BCUT2D eigenvalue weighted by molar-refractivity contribution is 6.04. The quantitative estimate of drug-likeness (QED) is 0.917. The summed E-state index contributed by atoms with van der Waals surface area (Å²) < 4.78 is 10.5. The number of pyridine rings is 1. The molecule has 0 aliphatic rings. The number of methoxy groups -OCH3 is 1. The van der Waals surface area contributed by atoms with Crippen LogP contribution in [0.3, 0.4) is 0 Å². The standard InChI is InChI=1S/C16H18N2O3/c1-4-21-15-8-6-12(10-17-15)16(19)18-13-9-11(2)5-7-14(13)20-3/h5-10H,4H2,1-3H3,(H,18,19). The summed E-state index contributed by atoms with van der Waals surface area (Å²) in [5, 5.41) is 2.83. The van der Waals surface area contributed by atoms with E-state index in [-0.39, 0.29) is 5.91 Å². The number of aromatic nitrogens is 1. The Labute approximate surface area is 123 Å². The average Bonchev–Trinajstić information content (AvgIpc) is 2.48. The van der Waals surface area contributed by atoms with Crippen molar-refractivity contribution in [3.05, 3.63) is 47.7 Å². The van der Waals surface area contributed by atoms with Crippen LogP contribution in [0.15, 0.2) is 36.5 Å². The summed E-state index contributed by atoms with van der Waals surface area (Å²) in [6, 6.07) is 8.95. The Balaban J connectivity index is 2.15. The van der Waals surface area contributed by atoms with E-state index in [0.717, 1.165) is 5.56 Å². The van der Waals surface area contributed by atoms with Crippen molar-refractivity contribution in [2.75, 3.05) is 19.0 Å². The third-order valence-corrected chi connectivity index (χ3v) is 2.89. The minimum absolute atomic E-state index is 0.241. The molecule has 0 atom stereocenters. The summed E-state index contributed by atoms with van der Waals surface area (Å²) in [5.74, 6) is 0.879.